The highest BCUT2D eigenvalue weighted by atomic mass is 16.5. The molecule has 0 spiro atoms. The largest absolute Gasteiger partial charge is 0.493 e. The number of rotatable bonds is 12. The predicted octanol–water partition coefficient (Wildman–Crippen LogP) is 5.37. The van der Waals surface area contributed by atoms with Crippen LogP contribution in [0.2, 0.25) is 0 Å². The highest BCUT2D eigenvalue weighted by Gasteiger charge is 2.33. The summed E-state index contributed by atoms with van der Waals surface area (Å²) in [6.07, 6.45) is 5.34. The summed E-state index contributed by atoms with van der Waals surface area (Å²) in [5.74, 6) is -0.142. The molecule has 1 aliphatic rings. The molecular weight excluding hydrogens is 406 g/mol. The molecule has 2 aromatic rings. The molecule has 2 amide bonds. The number of carbonyl (C=O) groups is 3. The van der Waals surface area contributed by atoms with E-state index in [-0.39, 0.29) is 23.7 Å². The number of nitrogens with zero attached hydrogens (tertiary/aromatic N) is 1. The minimum atomic E-state index is -0.237. The lowest BCUT2D eigenvalue weighted by Gasteiger charge is -2.27. The summed E-state index contributed by atoms with van der Waals surface area (Å²) in [7, 11) is 0. The average molecular weight is 440 g/mol. The van der Waals surface area contributed by atoms with Gasteiger partial charge in [0.15, 0.2) is 0 Å². The lowest BCUT2D eigenvalue weighted by Crippen LogP contribution is -2.40. The van der Waals surface area contributed by atoms with E-state index in [9.17, 15) is 14.4 Å². The summed E-state index contributed by atoms with van der Waals surface area (Å²) in [6.45, 7) is 7.05. The van der Waals surface area contributed by atoms with E-state index in [1.54, 1.807) is 18.2 Å². The predicted molar refractivity (Wildman–Crippen MR) is 124 cm³/mol. The van der Waals surface area contributed by atoms with Gasteiger partial charge < -0.3 is 9.47 Å². The molecule has 32 heavy (non-hydrogen) atoms. The molecule has 0 aliphatic carbocycles. The second-order valence-corrected chi connectivity index (χ2v) is 8.34. The number of imide groups is 1. The Labute approximate surface area is 189 Å². The van der Waals surface area contributed by atoms with Crippen molar-refractivity contribution < 1.29 is 23.9 Å². The zero-order chi connectivity index (χ0) is 23.1. The number of unbranched alkanes of at least 4 members (excludes halogenated alkanes) is 3. The molecule has 1 atom stereocenters. The molecule has 0 aromatic heterocycles. The molecule has 0 saturated heterocycles. The van der Waals surface area contributed by atoms with Gasteiger partial charge in [0.25, 0.3) is 11.8 Å². The van der Waals surface area contributed by atoms with Crippen LogP contribution in [0, 0.1) is 5.92 Å². The fraction of sp³-hybridized carbons (Fsp3) is 0.500. The van der Waals surface area contributed by atoms with Crippen LogP contribution in [0.1, 0.15) is 80.0 Å². The first-order chi connectivity index (χ1) is 15.5. The number of hydrogen-bond acceptors (Lipinski definition) is 5. The van der Waals surface area contributed by atoms with E-state index >= 15 is 0 Å². The Hall–Kier alpha value is -2.89. The van der Waals surface area contributed by atoms with Gasteiger partial charge in [-0.1, -0.05) is 52.2 Å². The number of hydrogen-bond donors (Lipinski definition) is 0. The molecule has 0 N–H and O–H groups in total. The Morgan fingerprint density at radius 2 is 1.69 bits per heavy atom. The topological polar surface area (TPSA) is 72.9 Å². The van der Waals surface area contributed by atoms with Crippen molar-refractivity contribution in [1.29, 1.82) is 0 Å². The van der Waals surface area contributed by atoms with E-state index in [0.29, 0.717) is 48.4 Å². The van der Waals surface area contributed by atoms with Crippen LogP contribution in [0.5, 0.6) is 5.75 Å². The average Bonchev–Trinajstić information content (AvgIpc) is 2.81. The summed E-state index contributed by atoms with van der Waals surface area (Å²) in [5, 5.41) is 1.41. The SMILES string of the molecule is CCCCCCN1C(=O)c2cccc3c(OCCCOC(=O)C(C)CC)ccc(c23)C1=O. The minimum absolute atomic E-state index is 0.0994. The lowest BCUT2D eigenvalue weighted by molar-refractivity contribution is -0.148. The van der Waals surface area contributed by atoms with Crippen LogP contribution in [0.25, 0.3) is 10.8 Å². The van der Waals surface area contributed by atoms with Crippen molar-refractivity contribution in [2.24, 2.45) is 5.92 Å². The van der Waals surface area contributed by atoms with Crippen molar-refractivity contribution in [3.05, 3.63) is 41.5 Å². The second kappa shape index (κ2) is 11.1. The maximum absolute atomic E-state index is 13.0. The van der Waals surface area contributed by atoms with Crippen LogP contribution in [-0.4, -0.2) is 42.4 Å². The van der Waals surface area contributed by atoms with Crippen LogP contribution in [0.4, 0.5) is 0 Å². The first-order valence-corrected chi connectivity index (χ1v) is 11.7. The van der Waals surface area contributed by atoms with E-state index in [4.69, 9.17) is 9.47 Å². The summed E-state index contributed by atoms with van der Waals surface area (Å²) in [4.78, 5) is 39.2. The molecule has 0 fully saturated rings. The lowest BCUT2D eigenvalue weighted by atomic mass is 9.93. The smallest absolute Gasteiger partial charge is 0.308 e. The van der Waals surface area contributed by atoms with E-state index in [2.05, 4.69) is 6.92 Å². The van der Waals surface area contributed by atoms with E-state index < -0.39 is 0 Å². The van der Waals surface area contributed by atoms with Gasteiger partial charge in [-0.3, -0.25) is 19.3 Å². The Kier molecular flexibility index (Phi) is 8.26. The molecule has 3 rings (SSSR count). The van der Waals surface area contributed by atoms with Gasteiger partial charge in [0.05, 0.1) is 19.1 Å². The molecule has 0 radical (unpaired) electrons. The zero-order valence-electron chi connectivity index (χ0n) is 19.3. The Morgan fingerprint density at radius 3 is 2.41 bits per heavy atom. The third-order valence-corrected chi connectivity index (χ3v) is 5.99. The first-order valence-electron chi connectivity index (χ1n) is 11.7. The Bertz CT molecular complexity index is 961. The van der Waals surface area contributed by atoms with E-state index in [0.717, 1.165) is 37.5 Å². The fourth-order valence-electron chi connectivity index (χ4n) is 3.87. The van der Waals surface area contributed by atoms with Crippen molar-refractivity contribution in [3.8, 4) is 5.75 Å². The molecule has 0 bridgehead atoms. The number of amides is 2. The standard InChI is InChI=1S/C26H33NO5/c1-4-6-7-8-15-27-24(28)20-12-9-11-19-22(14-13-21(23(19)20)25(27)29)31-16-10-17-32-26(30)18(3)5-2/h9,11-14,18H,4-8,10,15-17H2,1-3H3. The zero-order valence-corrected chi connectivity index (χ0v) is 19.3. The summed E-state index contributed by atoms with van der Waals surface area (Å²) in [6, 6.07) is 9.01. The summed E-state index contributed by atoms with van der Waals surface area (Å²) >= 11 is 0. The molecule has 6 nitrogen and oxygen atoms in total. The number of esters is 1. The third kappa shape index (κ3) is 5.12. The highest BCUT2D eigenvalue weighted by molar-refractivity contribution is 6.26. The van der Waals surface area contributed by atoms with Gasteiger partial charge in [0.1, 0.15) is 5.75 Å². The maximum Gasteiger partial charge on any atom is 0.308 e. The number of ether oxygens (including phenoxy) is 2. The van der Waals surface area contributed by atoms with Gasteiger partial charge in [0, 0.05) is 34.9 Å². The Morgan fingerprint density at radius 1 is 0.938 bits per heavy atom. The molecule has 1 unspecified atom stereocenters. The summed E-state index contributed by atoms with van der Waals surface area (Å²) < 4.78 is 11.2. The molecule has 0 saturated carbocycles. The van der Waals surface area contributed by atoms with Gasteiger partial charge in [-0.05, 0) is 31.0 Å². The van der Waals surface area contributed by atoms with Gasteiger partial charge in [-0.2, -0.15) is 0 Å². The van der Waals surface area contributed by atoms with Crippen molar-refractivity contribution in [1.82, 2.24) is 4.90 Å². The molecule has 1 aliphatic heterocycles. The Balaban J connectivity index is 1.70. The molecule has 2 aromatic carbocycles. The van der Waals surface area contributed by atoms with Crippen LogP contribution >= 0.6 is 0 Å². The fourth-order valence-corrected chi connectivity index (χ4v) is 3.87. The van der Waals surface area contributed by atoms with Crippen LogP contribution < -0.4 is 4.74 Å². The van der Waals surface area contributed by atoms with Crippen molar-refractivity contribution in [2.75, 3.05) is 19.8 Å². The maximum atomic E-state index is 13.0. The third-order valence-electron chi connectivity index (χ3n) is 5.99. The van der Waals surface area contributed by atoms with Crippen molar-refractivity contribution in [3.63, 3.8) is 0 Å². The number of benzene rings is 2. The number of carbonyl (C=O) groups excluding carboxylic acids is 3. The van der Waals surface area contributed by atoms with Gasteiger partial charge in [-0.15, -0.1) is 0 Å². The molecule has 172 valence electrons. The van der Waals surface area contributed by atoms with Crippen molar-refractivity contribution >= 4 is 28.6 Å². The molecule has 1 heterocycles. The van der Waals surface area contributed by atoms with E-state index in [1.807, 2.05) is 26.0 Å². The first kappa shape index (κ1) is 23.8. The highest BCUT2D eigenvalue weighted by Crippen LogP contribution is 2.35. The van der Waals surface area contributed by atoms with Gasteiger partial charge in [0.2, 0.25) is 0 Å². The van der Waals surface area contributed by atoms with E-state index in [1.165, 1.54) is 4.90 Å². The molecular formula is C26H33NO5. The monoisotopic (exact) mass is 439 g/mol. The second-order valence-electron chi connectivity index (χ2n) is 8.34. The summed E-state index contributed by atoms with van der Waals surface area (Å²) in [5.41, 5.74) is 1.08. The van der Waals surface area contributed by atoms with Crippen LogP contribution in [-0.2, 0) is 9.53 Å². The van der Waals surface area contributed by atoms with Crippen molar-refractivity contribution in [2.45, 2.75) is 59.3 Å². The van der Waals surface area contributed by atoms with Crippen LogP contribution in [0.15, 0.2) is 30.3 Å². The normalized spacial score (nSPS) is 14.0. The van der Waals surface area contributed by atoms with Crippen LogP contribution in [0.3, 0.4) is 0 Å². The van der Waals surface area contributed by atoms with Gasteiger partial charge >= 0.3 is 5.97 Å². The minimum Gasteiger partial charge on any atom is -0.493 e. The van der Waals surface area contributed by atoms with Gasteiger partial charge in [-0.25, -0.2) is 0 Å². The quantitative estimate of drug-likeness (QED) is 0.252. The molecule has 6 heteroatoms.